The molecule has 6 heteroatoms. The molecule has 38 heavy (non-hydrogen) atoms. The number of rotatable bonds is 10. The molecule has 5 rings (SSSR count). The van der Waals surface area contributed by atoms with E-state index in [1.807, 2.05) is 54.6 Å². The number of para-hydroxylation sites is 1. The van der Waals surface area contributed by atoms with Crippen LogP contribution >= 0.6 is 0 Å². The molecule has 0 aliphatic carbocycles. The van der Waals surface area contributed by atoms with E-state index in [9.17, 15) is 9.59 Å². The topological polar surface area (TPSA) is 57.6 Å². The van der Waals surface area contributed by atoms with Gasteiger partial charge in [0.1, 0.15) is 6.54 Å². The molecular formula is C32H36N4O2. The van der Waals surface area contributed by atoms with Crippen LogP contribution in [0, 0.1) is 0 Å². The molecule has 0 radical (unpaired) electrons. The lowest BCUT2D eigenvalue weighted by molar-refractivity contribution is -0.122. The minimum absolute atomic E-state index is 0.0148. The summed E-state index contributed by atoms with van der Waals surface area (Å²) in [6.45, 7) is 7.86. The van der Waals surface area contributed by atoms with Crippen molar-refractivity contribution in [2.45, 2.75) is 26.3 Å². The van der Waals surface area contributed by atoms with E-state index in [1.54, 1.807) is 4.90 Å². The molecule has 1 aliphatic heterocycles. The fraction of sp³-hybridized carbons (Fsp3) is 0.312. The average Bonchev–Trinajstić information content (AvgIpc) is 3.39. The third kappa shape index (κ3) is 4.72. The second kappa shape index (κ2) is 11.2. The quantitative estimate of drug-likeness (QED) is 0.298. The minimum Gasteiger partial charge on any atom is -0.355 e. The van der Waals surface area contributed by atoms with E-state index in [4.69, 9.17) is 0 Å². The highest BCUT2D eigenvalue weighted by Crippen LogP contribution is 2.46. The normalized spacial score (nSPS) is 14.9. The van der Waals surface area contributed by atoms with Gasteiger partial charge in [0.25, 0.3) is 5.91 Å². The number of amides is 2. The smallest absolute Gasteiger partial charge is 0.255 e. The molecule has 0 spiro atoms. The van der Waals surface area contributed by atoms with Crippen LogP contribution in [0.1, 0.15) is 47.8 Å². The Bertz CT molecular complexity index is 1440. The average molecular weight is 509 g/mol. The fourth-order valence-corrected chi connectivity index (χ4v) is 5.77. The van der Waals surface area contributed by atoms with Crippen molar-refractivity contribution in [2.75, 3.05) is 32.7 Å². The van der Waals surface area contributed by atoms with Crippen LogP contribution in [0.4, 0.5) is 0 Å². The molecule has 0 fully saturated rings. The highest BCUT2D eigenvalue weighted by molar-refractivity contribution is 6.03. The Morgan fingerprint density at radius 3 is 2.37 bits per heavy atom. The Hall–Kier alpha value is -3.90. The van der Waals surface area contributed by atoms with Crippen molar-refractivity contribution < 1.29 is 9.59 Å². The number of fused-ring (bicyclic) bond motifs is 2. The highest BCUT2D eigenvalue weighted by atomic mass is 16.2. The van der Waals surface area contributed by atoms with Crippen LogP contribution in [-0.2, 0) is 11.8 Å². The molecule has 1 aromatic heterocycles. The molecule has 2 heterocycles. The maximum Gasteiger partial charge on any atom is 0.255 e. The zero-order valence-corrected chi connectivity index (χ0v) is 22.5. The van der Waals surface area contributed by atoms with Crippen molar-refractivity contribution in [3.05, 3.63) is 95.6 Å². The van der Waals surface area contributed by atoms with Gasteiger partial charge < -0.3 is 19.7 Å². The maximum absolute atomic E-state index is 13.7. The van der Waals surface area contributed by atoms with Gasteiger partial charge >= 0.3 is 0 Å². The Morgan fingerprint density at radius 1 is 0.921 bits per heavy atom. The fourth-order valence-electron chi connectivity index (χ4n) is 5.77. The lowest BCUT2D eigenvalue weighted by Crippen LogP contribution is -2.40. The van der Waals surface area contributed by atoms with Crippen molar-refractivity contribution in [1.82, 2.24) is 19.7 Å². The summed E-state index contributed by atoms with van der Waals surface area (Å²) in [5, 5.41) is 4.15. The first-order chi connectivity index (χ1) is 18.5. The van der Waals surface area contributed by atoms with Crippen molar-refractivity contribution in [3.63, 3.8) is 0 Å². The van der Waals surface area contributed by atoms with Gasteiger partial charge in [-0.25, -0.2) is 0 Å². The number of aromatic nitrogens is 1. The number of aryl methyl sites for hydroxylation is 1. The van der Waals surface area contributed by atoms with E-state index < -0.39 is 0 Å². The Kier molecular flexibility index (Phi) is 7.61. The third-order valence-corrected chi connectivity index (χ3v) is 7.71. The molecule has 6 nitrogen and oxygen atoms in total. The van der Waals surface area contributed by atoms with Crippen LogP contribution in [0.15, 0.2) is 78.9 Å². The molecule has 0 saturated heterocycles. The van der Waals surface area contributed by atoms with Crippen LogP contribution < -0.4 is 5.32 Å². The number of hydrogen-bond acceptors (Lipinski definition) is 3. The number of carbonyl (C=O) groups is 2. The van der Waals surface area contributed by atoms with Gasteiger partial charge in [-0.15, -0.1) is 0 Å². The van der Waals surface area contributed by atoms with Crippen LogP contribution in [0.3, 0.4) is 0 Å². The summed E-state index contributed by atoms with van der Waals surface area (Å²) in [4.78, 5) is 31.0. The maximum atomic E-state index is 13.7. The molecular weight excluding hydrogens is 472 g/mol. The first-order valence-electron chi connectivity index (χ1n) is 13.6. The molecule has 0 bridgehead atoms. The van der Waals surface area contributed by atoms with Crippen molar-refractivity contribution in [2.24, 2.45) is 7.05 Å². The Balaban J connectivity index is 1.52. The number of nitrogens with zero attached hydrogens (tertiary/aromatic N) is 3. The van der Waals surface area contributed by atoms with E-state index in [0.717, 1.165) is 59.3 Å². The lowest BCUT2D eigenvalue weighted by Gasteiger charge is -2.26. The summed E-state index contributed by atoms with van der Waals surface area (Å²) >= 11 is 0. The van der Waals surface area contributed by atoms with E-state index in [2.05, 4.69) is 59.9 Å². The summed E-state index contributed by atoms with van der Waals surface area (Å²) in [6, 6.07) is 26.0. The van der Waals surface area contributed by atoms with E-state index in [1.165, 1.54) is 0 Å². The molecule has 196 valence electrons. The zero-order chi connectivity index (χ0) is 26.6. The highest BCUT2D eigenvalue weighted by Gasteiger charge is 2.41. The lowest BCUT2D eigenvalue weighted by atomic mass is 9.93. The molecule has 1 N–H and O–H groups in total. The molecule has 4 aromatic rings. The van der Waals surface area contributed by atoms with E-state index >= 15 is 0 Å². The summed E-state index contributed by atoms with van der Waals surface area (Å²) < 4.78 is 2.21. The summed E-state index contributed by atoms with van der Waals surface area (Å²) in [6.07, 6.45) is 0.881. The van der Waals surface area contributed by atoms with Gasteiger partial charge in [-0.3, -0.25) is 9.59 Å². The van der Waals surface area contributed by atoms with Gasteiger partial charge in [0.2, 0.25) is 5.91 Å². The monoisotopic (exact) mass is 508 g/mol. The van der Waals surface area contributed by atoms with Gasteiger partial charge in [0, 0.05) is 35.6 Å². The molecule has 3 aromatic carbocycles. The number of carbonyl (C=O) groups excluding carboxylic acids is 2. The number of benzene rings is 3. The first-order valence-corrected chi connectivity index (χ1v) is 13.6. The van der Waals surface area contributed by atoms with E-state index in [-0.39, 0.29) is 24.4 Å². The summed E-state index contributed by atoms with van der Waals surface area (Å²) in [5.74, 6) is -0.229. The predicted molar refractivity (Wildman–Crippen MR) is 153 cm³/mol. The second-order valence-corrected chi connectivity index (χ2v) is 9.86. The molecule has 0 saturated carbocycles. The summed E-state index contributed by atoms with van der Waals surface area (Å²) in [7, 11) is 2.07. The van der Waals surface area contributed by atoms with Crippen LogP contribution in [0.2, 0.25) is 0 Å². The van der Waals surface area contributed by atoms with E-state index in [0.29, 0.717) is 12.1 Å². The predicted octanol–water partition coefficient (Wildman–Crippen LogP) is 5.24. The third-order valence-electron chi connectivity index (χ3n) is 7.71. The number of hydrogen-bond donors (Lipinski definition) is 1. The molecule has 1 aliphatic rings. The van der Waals surface area contributed by atoms with Gasteiger partial charge in [0.05, 0.1) is 11.7 Å². The van der Waals surface area contributed by atoms with Gasteiger partial charge in [-0.05, 0) is 49.3 Å². The molecule has 1 atom stereocenters. The van der Waals surface area contributed by atoms with Crippen molar-refractivity contribution >= 4 is 22.7 Å². The van der Waals surface area contributed by atoms with Crippen LogP contribution in [-0.4, -0.2) is 58.9 Å². The van der Waals surface area contributed by atoms with Gasteiger partial charge in [-0.1, -0.05) is 80.6 Å². The summed E-state index contributed by atoms with van der Waals surface area (Å²) in [5.41, 5.74) is 5.91. The zero-order valence-electron chi connectivity index (χ0n) is 22.5. The van der Waals surface area contributed by atoms with Gasteiger partial charge in [-0.2, -0.15) is 0 Å². The SMILES string of the molecule is CCN(CC)CCCNC(=O)CN1C(=O)c2ccccc2[C@@H]1c1c(-c2ccccc2)n(C)c2ccccc12. The number of nitrogens with one attached hydrogen (secondary N) is 1. The van der Waals surface area contributed by atoms with Crippen LogP contribution in [0.25, 0.3) is 22.2 Å². The first kappa shape index (κ1) is 25.7. The van der Waals surface area contributed by atoms with Crippen molar-refractivity contribution in [1.29, 1.82) is 0 Å². The standard InChI is InChI=1S/C32H36N4O2/c1-4-35(5-2)21-13-20-33-28(37)22-36-31(24-16-9-10-17-25(24)32(36)38)29-26-18-11-12-19-27(26)34(3)30(29)23-14-7-6-8-15-23/h6-12,14-19,31H,4-5,13,20-22H2,1-3H3,(H,33,37)/t31-/m1/s1. The minimum atomic E-state index is -0.360. The van der Waals surface area contributed by atoms with Gasteiger partial charge in [0.15, 0.2) is 0 Å². The molecule has 0 unspecified atom stereocenters. The second-order valence-electron chi connectivity index (χ2n) is 9.86. The Labute approximate surface area is 224 Å². The van der Waals surface area contributed by atoms with Crippen molar-refractivity contribution in [3.8, 4) is 11.3 Å². The van der Waals surface area contributed by atoms with Crippen LogP contribution in [0.5, 0.6) is 0 Å². The molecule has 2 amide bonds. The largest absolute Gasteiger partial charge is 0.355 e. The Morgan fingerprint density at radius 2 is 1.61 bits per heavy atom.